The highest BCUT2D eigenvalue weighted by Crippen LogP contribution is 2.29. The molecule has 0 saturated carbocycles. The molecule has 0 aliphatic carbocycles. The molecule has 0 aliphatic heterocycles. The molecular weight excluding hydrogens is 305 g/mol. The minimum atomic E-state index is -2.43. The van der Waals surface area contributed by atoms with Gasteiger partial charge in [-0.2, -0.15) is 4.91 Å². The molecule has 0 saturated heterocycles. The number of nitrogens with zero attached hydrogens (tertiary/aromatic N) is 1. The van der Waals surface area contributed by atoms with Crippen LogP contribution in [-0.4, -0.2) is 35.6 Å². The van der Waals surface area contributed by atoms with E-state index in [4.69, 9.17) is 19.0 Å². The lowest BCUT2D eigenvalue weighted by molar-refractivity contribution is 0.0274. The molecule has 0 radical (unpaired) electrons. The zero-order chi connectivity index (χ0) is 16.8. The van der Waals surface area contributed by atoms with Crippen molar-refractivity contribution in [2.75, 3.05) is 19.8 Å². The summed E-state index contributed by atoms with van der Waals surface area (Å²) in [6.45, 7) is 7.15. The Hall–Kier alpha value is -0.130. The first-order valence-electron chi connectivity index (χ1n) is 8.26. The van der Waals surface area contributed by atoms with E-state index in [1.165, 1.54) is 25.7 Å². The van der Waals surface area contributed by atoms with Crippen molar-refractivity contribution in [2.45, 2.75) is 65.4 Å². The Morgan fingerprint density at radius 3 is 2.36 bits per heavy atom. The second kappa shape index (κ2) is 14.5. The lowest BCUT2D eigenvalue weighted by Crippen LogP contribution is -2.27. The number of ether oxygens (including phenoxy) is 1. The van der Waals surface area contributed by atoms with E-state index in [2.05, 4.69) is 19.0 Å². The molecule has 0 spiro atoms. The smallest absolute Gasteiger partial charge is 0.327 e. The fraction of sp³-hybridized carbons (Fsp3) is 1.00. The Bertz CT molecular complexity index is 268. The molecule has 132 valence electrons. The fourth-order valence-electron chi connectivity index (χ4n) is 2.46. The SMILES string of the molecule is CCCCCC(CCC)COCC(CN=O)C(C)OP(O)O. The van der Waals surface area contributed by atoms with Crippen LogP contribution in [0.5, 0.6) is 0 Å². The Morgan fingerprint density at radius 2 is 1.82 bits per heavy atom. The van der Waals surface area contributed by atoms with Crippen LogP contribution in [0.3, 0.4) is 0 Å². The maximum absolute atomic E-state index is 10.5. The molecule has 6 nitrogen and oxygen atoms in total. The second-order valence-electron chi connectivity index (χ2n) is 5.82. The van der Waals surface area contributed by atoms with E-state index >= 15 is 0 Å². The minimum Gasteiger partial charge on any atom is -0.381 e. The number of rotatable bonds is 15. The zero-order valence-electron chi connectivity index (χ0n) is 14.1. The number of unbranched alkanes of at least 4 members (excludes halogenated alkanes) is 2. The van der Waals surface area contributed by atoms with E-state index in [-0.39, 0.29) is 12.5 Å². The van der Waals surface area contributed by atoms with Crippen LogP contribution in [0.2, 0.25) is 0 Å². The van der Waals surface area contributed by atoms with Crippen LogP contribution >= 0.6 is 8.60 Å². The monoisotopic (exact) mass is 337 g/mol. The highest BCUT2D eigenvalue weighted by atomic mass is 31.2. The number of hydrogen-bond acceptors (Lipinski definition) is 6. The summed E-state index contributed by atoms with van der Waals surface area (Å²) in [5.74, 6) is 0.296. The molecule has 2 N–H and O–H groups in total. The first-order chi connectivity index (χ1) is 10.5. The summed E-state index contributed by atoms with van der Waals surface area (Å²) in [6.07, 6.45) is 6.67. The summed E-state index contributed by atoms with van der Waals surface area (Å²) < 4.78 is 10.7. The van der Waals surface area contributed by atoms with Crippen molar-refractivity contribution in [3.05, 3.63) is 4.91 Å². The Labute approximate surface area is 135 Å². The summed E-state index contributed by atoms with van der Waals surface area (Å²) >= 11 is 0. The molecular formula is C15H32NO5P. The van der Waals surface area contributed by atoms with Crippen molar-refractivity contribution >= 4 is 8.60 Å². The average molecular weight is 337 g/mol. The minimum absolute atomic E-state index is 0.0542. The van der Waals surface area contributed by atoms with Crippen molar-refractivity contribution < 1.29 is 19.0 Å². The quantitative estimate of drug-likeness (QED) is 0.268. The van der Waals surface area contributed by atoms with Crippen molar-refractivity contribution in [1.29, 1.82) is 0 Å². The van der Waals surface area contributed by atoms with E-state index in [0.29, 0.717) is 19.1 Å². The van der Waals surface area contributed by atoms with Crippen LogP contribution in [0.25, 0.3) is 0 Å². The predicted octanol–water partition coefficient (Wildman–Crippen LogP) is 4.00. The highest BCUT2D eigenvalue weighted by Gasteiger charge is 2.22. The van der Waals surface area contributed by atoms with Crippen LogP contribution in [-0.2, 0) is 9.26 Å². The van der Waals surface area contributed by atoms with E-state index in [9.17, 15) is 4.91 Å². The Morgan fingerprint density at radius 1 is 1.09 bits per heavy atom. The maximum atomic E-state index is 10.5. The molecule has 0 aromatic heterocycles. The van der Waals surface area contributed by atoms with Gasteiger partial charge in [0.15, 0.2) is 0 Å². The third-order valence-electron chi connectivity index (χ3n) is 3.83. The molecule has 0 rings (SSSR count). The van der Waals surface area contributed by atoms with Gasteiger partial charge in [0.1, 0.15) is 0 Å². The van der Waals surface area contributed by atoms with E-state index in [1.807, 2.05) is 0 Å². The molecule has 0 heterocycles. The van der Waals surface area contributed by atoms with Gasteiger partial charge in [0.25, 0.3) is 0 Å². The van der Waals surface area contributed by atoms with Crippen LogP contribution in [0, 0.1) is 16.7 Å². The lowest BCUT2D eigenvalue weighted by Gasteiger charge is -2.23. The van der Waals surface area contributed by atoms with Gasteiger partial charge in [-0.1, -0.05) is 44.7 Å². The highest BCUT2D eigenvalue weighted by molar-refractivity contribution is 7.39. The zero-order valence-corrected chi connectivity index (χ0v) is 15.0. The van der Waals surface area contributed by atoms with Crippen molar-refractivity contribution in [2.24, 2.45) is 17.0 Å². The second-order valence-corrected chi connectivity index (χ2v) is 6.54. The van der Waals surface area contributed by atoms with E-state index in [1.54, 1.807) is 6.92 Å². The standard InChI is InChI=1S/C15H32NO5P/c1-4-6-7-9-14(8-5-2)11-20-12-15(10-16-17)13(3)21-22(18)19/h13-15,18-19H,4-12H2,1-3H3. The van der Waals surface area contributed by atoms with Gasteiger partial charge in [-0.25, -0.2) is 0 Å². The van der Waals surface area contributed by atoms with Crippen molar-refractivity contribution in [1.82, 2.24) is 0 Å². The number of nitroso groups, excluding NO2 is 1. The van der Waals surface area contributed by atoms with Gasteiger partial charge >= 0.3 is 8.60 Å². The third kappa shape index (κ3) is 11.4. The van der Waals surface area contributed by atoms with Gasteiger partial charge < -0.3 is 19.0 Å². The average Bonchev–Trinajstić information content (AvgIpc) is 2.45. The third-order valence-corrected chi connectivity index (χ3v) is 4.35. The summed E-state index contributed by atoms with van der Waals surface area (Å²) in [5.41, 5.74) is 0. The lowest BCUT2D eigenvalue weighted by atomic mass is 9.97. The van der Waals surface area contributed by atoms with Crippen molar-refractivity contribution in [3.8, 4) is 0 Å². The maximum Gasteiger partial charge on any atom is 0.327 e. The molecule has 22 heavy (non-hydrogen) atoms. The normalized spacial score (nSPS) is 15.7. The van der Waals surface area contributed by atoms with Crippen LogP contribution in [0.1, 0.15) is 59.3 Å². The molecule has 3 atom stereocenters. The van der Waals surface area contributed by atoms with Crippen LogP contribution in [0.4, 0.5) is 0 Å². The van der Waals surface area contributed by atoms with Gasteiger partial charge in [0.2, 0.25) is 0 Å². The first kappa shape index (κ1) is 21.9. The van der Waals surface area contributed by atoms with Crippen LogP contribution in [0.15, 0.2) is 5.18 Å². The molecule has 0 bridgehead atoms. The predicted molar refractivity (Wildman–Crippen MR) is 89.4 cm³/mol. The van der Waals surface area contributed by atoms with Gasteiger partial charge in [-0.3, -0.25) is 0 Å². The molecule has 3 unspecified atom stereocenters. The topological polar surface area (TPSA) is 88.4 Å². The van der Waals surface area contributed by atoms with Gasteiger partial charge in [-0.15, -0.1) is 0 Å². The molecule has 0 amide bonds. The molecule has 7 heteroatoms. The van der Waals surface area contributed by atoms with E-state index < -0.39 is 14.7 Å². The van der Waals surface area contributed by atoms with Gasteiger partial charge in [-0.05, 0) is 25.7 Å². The first-order valence-corrected chi connectivity index (χ1v) is 9.43. The molecule has 0 aromatic rings. The summed E-state index contributed by atoms with van der Waals surface area (Å²) in [5, 5.41) is 2.89. The summed E-state index contributed by atoms with van der Waals surface area (Å²) in [6, 6.07) is 0. The Kier molecular flexibility index (Phi) is 14.4. The van der Waals surface area contributed by atoms with Gasteiger partial charge in [0.05, 0.1) is 19.3 Å². The fourth-order valence-corrected chi connectivity index (χ4v) is 2.93. The van der Waals surface area contributed by atoms with Gasteiger partial charge in [0, 0.05) is 12.5 Å². The Balaban J connectivity index is 4.17. The van der Waals surface area contributed by atoms with Crippen LogP contribution < -0.4 is 0 Å². The largest absolute Gasteiger partial charge is 0.381 e. The summed E-state index contributed by atoms with van der Waals surface area (Å²) in [7, 11) is -2.43. The summed E-state index contributed by atoms with van der Waals surface area (Å²) in [4.78, 5) is 28.3. The van der Waals surface area contributed by atoms with E-state index in [0.717, 1.165) is 12.8 Å². The molecule has 0 aromatic carbocycles. The molecule has 0 aliphatic rings. The number of hydrogen-bond donors (Lipinski definition) is 2. The molecule has 0 fully saturated rings. The van der Waals surface area contributed by atoms with Crippen molar-refractivity contribution in [3.63, 3.8) is 0 Å².